The van der Waals surface area contributed by atoms with E-state index < -0.39 is 0 Å². The predicted molar refractivity (Wildman–Crippen MR) is 147 cm³/mol. The van der Waals surface area contributed by atoms with Crippen molar-refractivity contribution in [2.75, 3.05) is 43.5 Å². The fourth-order valence-electron chi connectivity index (χ4n) is 4.39. The van der Waals surface area contributed by atoms with Crippen LogP contribution in [0.4, 0.5) is 17.2 Å². The molecule has 3 aromatic carbocycles. The van der Waals surface area contributed by atoms with Crippen LogP contribution in [0.1, 0.15) is 7.43 Å². The Kier molecular flexibility index (Phi) is 7.07. The van der Waals surface area contributed by atoms with Gasteiger partial charge < -0.3 is 15.4 Å². The van der Waals surface area contributed by atoms with Gasteiger partial charge in [-0.15, -0.1) is 0 Å². The summed E-state index contributed by atoms with van der Waals surface area (Å²) in [5, 5.41) is 15.5. The van der Waals surface area contributed by atoms with Crippen molar-refractivity contribution in [2.24, 2.45) is 0 Å². The number of para-hydroxylation sites is 2. The van der Waals surface area contributed by atoms with Crippen LogP contribution in [-0.2, 0) is 9.53 Å². The Hall–Kier alpha value is -4.34. The molecule has 0 saturated carbocycles. The number of carbonyl (C=O) groups is 1. The van der Waals surface area contributed by atoms with E-state index in [4.69, 9.17) is 14.7 Å². The normalized spacial score (nSPS) is 13.8. The van der Waals surface area contributed by atoms with Crippen molar-refractivity contribution in [1.29, 1.82) is 0 Å². The van der Waals surface area contributed by atoms with E-state index in [1.165, 1.54) is 0 Å². The zero-order valence-corrected chi connectivity index (χ0v) is 19.6. The van der Waals surface area contributed by atoms with E-state index in [1.807, 2.05) is 66.7 Å². The van der Waals surface area contributed by atoms with Crippen molar-refractivity contribution >= 4 is 44.9 Å². The van der Waals surface area contributed by atoms with Crippen LogP contribution in [0.3, 0.4) is 0 Å². The number of anilines is 3. The molecule has 188 valence electrons. The molecule has 9 heteroatoms. The molecule has 0 spiro atoms. The van der Waals surface area contributed by atoms with E-state index in [-0.39, 0.29) is 13.3 Å². The Morgan fingerprint density at radius 2 is 1.81 bits per heavy atom. The van der Waals surface area contributed by atoms with Crippen molar-refractivity contribution in [2.45, 2.75) is 7.43 Å². The number of ether oxygens (including phenoxy) is 1. The maximum atomic E-state index is 12.8. The number of aromatic nitrogens is 4. The predicted octanol–water partition coefficient (Wildman–Crippen LogP) is 4.82. The molecule has 0 unspecified atom stereocenters. The highest BCUT2D eigenvalue weighted by molar-refractivity contribution is 5.98. The van der Waals surface area contributed by atoms with E-state index >= 15 is 0 Å². The van der Waals surface area contributed by atoms with Crippen molar-refractivity contribution in [1.82, 2.24) is 25.1 Å². The standard InChI is InChI=1S/C27H25N7O2.CH4/c35-25(17-34-11-13-36-14-12-34)30-23-7-3-1-5-20(23)27-31-24-8-4-2-6-21(24)26(32-27)29-19-9-10-22-18(15-19)16-28-33-22;/h1-10,15-16H,11-14,17H2,(H,28,33)(H,30,35)(H,29,31,32);1H4. The monoisotopic (exact) mass is 495 g/mol. The highest BCUT2D eigenvalue weighted by atomic mass is 16.5. The van der Waals surface area contributed by atoms with Crippen molar-refractivity contribution in [3.63, 3.8) is 0 Å². The van der Waals surface area contributed by atoms with Crippen LogP contribution < -0.4 is 10.6 Å². The molecule has 1 saturated heterocycles. The van der Waals surface area contributed by atoms with Gasteiger partial charge in [-0.05, 0) is 42.5 Å². The lowest BCUT2D eigenvalue weighted by Crippen LogP contribution is -2.41. The molecule has 1 aliphatic rings. The molecule has 0 radical (unpaired) electrons. The van der Waals surface area contributed by atoms with Crippen LogP contribution in [-0.4, -0.2) is 63.8 Å². The number of hydrogen-bond acceptors (Lipinski definition) is 7. The average molecular weight is 496 g/mol. The van der Waals surface area contributed by atoms with Crippen LogP contribution in [0.15, 0.2) is 72.9 Å². The smallest absolute Gasteiger partial charge is 0.238 e. The summed E-state index contributed by atoms with van der Waals surface area (Å²) in [5.41, 5.74) is 4.11. The number of nitrogens with zero attached hydrogens (tertiary/aromatic N) is 4. The highest BCUT2D eigenvalue weighted by Crippen LogP contribution is 2.31. The van der Waals surface area contributed by atoms with Crippen molar-refractivity contribution in [3.05, 3.63) is 72.9 Å². The molecule has 37 heavy (non-hydrogen) atoms. The molecule has 3 N–H and O–H groups in total. The van der Waals surface area contributed by atoms with Crippen LogP contribution >= 0.6 is 0 Å². The number of amides is 1. The van der Waals surface area contributed by atoms with Gasteiger partial charge in [0.2, 0.25) is 5.91 Å². The summed E-state index contributed by atoms with van der Waals surface area (Å²) in [7, 11) is 0. The minimum absolute atomic E-state index is 0. The molecular weight excluding hydrogens is 466 g/mol. The first-order valence-electron chi connectivity index (χ1n) is 11.9. The van der Waals surface area contributed by atoms with E-state index in [9.17, 15) is 4.79 Å². The zero-order valence-electron chi connectivity index (χ0n) is 19.6. The minimum atomic E-state index is -0.0723. The SMILES string of the molecule is C.O=C(CN1CCOCC1)Nc1ccccc1-c1nc(Nc2ccc3[nH]ncc3c2)c2ccccc2n1. The fourth-order valence-corrected chi connectivity index (χ4v) is 4.39. The highest BCUT2D eigenvalue weighted by Gasteiger charge is 2.17. The van der Waals surface area contributed by atoms with Crippen LogP contribution in [0, 0.1) is 0 Å². The van der Waals surface area contributed by atoms with Gasteiger partial charge in [0.1, 0.15) is 5.82 Å². The number of rotatable bonds is 6. The lowest BCUT2D eigenvalue weighted by molar-refractivity contribution is -0.118. The number of carbonyl (C=O) groups excluding carboxylic acids is 1. The van der Waals surface area contributed by atoms with Gasteiger partial charge in [-0.3, -0.25) is 14.8 Å². The van der Waals surface area contributed by atoms with Gasteiger partial charge >= 0.3 is 0 Å². The Morgan fingerprint density at radius 1 is 1.00 bits per heavy atom. The van der Waals surface area contributed by atoms with E-state index in [0.29, 0.717) is 37.1 Å². The molecule has 0 aliphatic carbocycles. The molecule has 1 aliphatic heterocycles. The fraction of sp³-hybridized carbons (Fsp3) is 0.214. The van der Waals surface area contributed by atoms with Gasteiger partial charge in [0.25, 0.3) is 0 Å². The molecular formula is C28H29N7O2. The summed E-state index contributed by atoms with van der Waals surface area (Å²) in [4.78, 5) is 24.6. The molecule has 0 atom stereocenters. The number of fused-ring (bicyclic) bond motifs is 2. The van der Waals surface area contributed by atoms with Crippen LogP contribution in [0.5, 0.6) is 0 Å². The first kappa shape index (κ1) is 24.4. The van der Waals surface area contributed by atoms with Gasteiger partial charge in [0.15, 0.2) is 5.82 Å². The number of morpholine rings is 1. The zero-order chi connectivity index (χ0) is 24.3. The summed E-state index contributed by atoms with van der Waals surface area (Å²) in [6.45, 7) is 3.13. The quantitative estimate of drug-likeness (QED) is 0.310. The Morgan fingerprint density at radius 3 is 2.70 bits per heavy atom. The van der Waals surface area contributed by atoms with Crippen molar-refractivity contribution in [3.8, 4) is 11.4 Å². The molecule has 5 aromatic rings. The second kappa shape index (κ2) is 10.7. The first-order chi connectivity index (χ1) is 17.7. The van der Waals surface area contributed by atoms with E-state index in [0.717, 1.165) is 46.1 Å². The molecule has 1 amide bonds. The van der Waals surface area contributed by atoms with Crippen molar-refractivity contribution < 1.29 is 9.53 Å². The molecule has 0 bridgehead atoms. The van der Waals surface area contributed by atoms with Crippen LogP contribution in [0.2, 0.25) is 0 Å². The lowest BCUT2D eigenvalue weighted by atomic mass is 10.1. The number of hydrogen-bond donors (Lipinski definition) is 3. The van der Waals surface area contributed by atoms with Gasteiger partial charge in [0, 0.05) is 35.1 Å². The third kappa shape index (κ3) is 5.28. The molecule has 2 aromatic heterocycles. The third-order valence-electron chi connectivity index (χ3n) is 6.22. The van der Waals surface area contributed by atoms with Gasteiger partial charge in [0.05, 0.1) is 42.7 Å². The molecule has 9 nitrogen and oxygen atoms in total. The first-order valence-corrected chi connectivity index (χ1v) is 11.9. The second-order valence-corrected chi connectivity index (χ2v) is 8.69. The summed E-state index contributed by atoms with van der Waals surface area (Å²) >= 11 is 0. The summed E-state index contributed by atoms with van der Waals surface area (Å²) in [6.07, 6.45) is 1.79. The van der Waals surface area contributed by atoms with Crippen LogP contribution in [0.25, 0.3) is 33.2 Å². The largest absolute Gasteiger partial charge is 0.379 e. The number of aromatic amines is 1. The Labute approximate surface area is 214 Å². The molecule has 6 rings (SSSR count). The number of benzene rings is 3. The topological polar surface area (TPSA) is 108 Å². The number of nitrogens with one attached hydrogen (secondary N) is 3. The van der Waals surface area contributed by atoms with E-state index in [1.54, 1.807) is 6.20 Å². The second-order valence-electron chi connectivity index (χ2n) is 8.69. The summed E-state index contributed by atoms with van der Waals surface area (Å²) in [6, 6.07) is 21.5. The maximum Gasteiger partial charge on any atom is 0.238 e. The summed E-state index contributed by atoms with van der Waals surface area (Å²) < 4.78 is 5.38. The lowest BCUT2D eigenvalue weighted by Gasteiger charge is -2.26. The average Bonchev–Trinajstić information content (AvgIpc) is 3.37. The van der Waals surface area contributed by atoms with E-state index in [2.05, 4.69) is 25.7 Å². The molecule has 3 heterocycles. The third-order valence-corrected chi connectivity index (χ3v) is 6.22. The van der Waals surface area contributed by atoms with Gasteiger partial charge in [-0.25, -0.2) is 9.97 Å². The summed E-state index contributed by atoms with van der Waals surface area (Å²) in [5.74, 6) is 1.15. The van der Waals surface area contributed by atoms with Gasteiger partial charge in [-0.1, -0.05) is 31.7 Å². The van der Waals surface area contributed by atoms with Gasteiger partial charge in [-0.2, -0.15) is 5.10 Å². The maximum absolute atomic E-state index is 12.8. The Balaban J connectivity index is 0.00000280. The Bertz CT molecular complexity index is 1540. The number of H-pyrrole nitrogens is 1. The molecule has 1 fully saturated rings. The minimum Gasteiger partial charge on any atom is -0.379 e.